The van der Waals surface area contributed by atoms with Crippen LogP contribution >= 0.6 is 0 Å². The van der Waals surface area contributed by atoms with Gasteiger partial charge in [-0.2, -0.15) is 0 Å². The Kier molecular flexibility index (Phi) is 3.16. The second kappa shape index (κ2) is 5.20. The molecule has 3 aromatic heterocycles. The molecule has 4 rings (SSSR count). The number of nitrogens with two attached hydrogens (primary N) is 1. The third-order valence-corrected chi connectivity index (χ3v) is 4.34. The fourth-order valence-electron chi connectivity index (χ4n) is 3.23. The summed E-state index contributed by atoms with van der Waals surface area (Å²) < 4.78 is 2.09. The van der Waals surface area contributed by atoms with Gasteiger partial charge in [-0.1, -0.05) is 6.07 Å². The van der Waals surface area contributed by atoms with E-state index < -0.39 is 0 Å². The van der Waals surface area contributed by atoms with Crippen molar-refractivity contribution in [1.29, 1.82) is 0 Å². The maximum Gasteiger partial charge on any atom is 0.257 e. The molecule has 0 saturated heterocycles. The molecule has 7 heteroatoms. The van der Waals surface area contributed by atoms with E-state index in [1.807, 2.05) is 25.3 Å². The Morgan fingerprint density at radius 3 is 3.09 bits per heavy atom. The number of nitrogen functional groups attached to an aromatic ring is 1. The lowest BCUT2D eigenvalue weighted by Gasteiger charge is -2.26. The van der Waals surface area contributed by atoms with Crippen LogP contribution in [-0.2, 0) is 19.5 Å². The molecule has 0 saturated carbocycles. The van der Waals surface area contributed by atoms with Gasteiger partial charge in [-0.05, 0) is 19.1 Å². The molecule has 0 radical (unpaired) electrons. The van der Waals surface area contributed by atoms with E-state index in [4.69, 9.17) is 5.73 Å². The predicted octanol–water partition coefficient (Wildman–Crippen LogP) is 0.867. The Morgan fingerprint density at radius 1 is 1.35 bits per heavy atom. The highest BCUT2D eigenvalue weighted by molar-refractivity contribution is 5.53. The van der Waals surface area contributed by atoms with E-state index in [0.717, 1.165) is 35.7 Å². The van der Waals surface area contributed by atoms with Crippen LogP contribution in [0.2, 0.25) is 0 Å². The molecule has 0 bridgehead atoms. The number of rotatable bonds is 2. The van der Waals surface area contributed by atoms with Crippen LogP contribution in [0.15, 0.2) is 29.2 Å². The first kappa shape index (κ1) is 14.0. The van der Waals surface area contributed by atoms with Gasteiger partial charge in [-0.25, -0.2) is 9.97 Å². The molecule has 3 N–H and O–H groups in total. The minimum atomic E-state index is -0.136. The molecule has 118 valence electrons. The van der Waals surface area contributed by atoms with Gasteiger partial charge in [0.15, 0.2) is 0 Å². The average molecular weight is 310 g/mol. The van der Waals surface area contributed by atoms with Crippen molar-refractivity contribution in [3.63, 3.8) is 0 Å². The zero-order chi connectivity index (χ0) is 16.0. The first-order valence-electron chi connectivity index (χ1n) is 7.64. The molecule has 0 unspecified atom stereocenters. The minimum Gasteiger partial charge on any atom is -0.369 e. The van der Waals surface area contributed by atoms with Crippen molar-refractivity contribution < 1.29 is 0 Å². The first-order chi connectivity index (χ1) is 11.1. The Bertz CT molecular complexity index is 941. The number of nitrogens with one attached hydrogen (secondary N) is 1. The number of hydrogen-bond acceptors (Lipinski definition) is 5. The van der Waals surface area contributed by atoms with Gasteiger partial charge in [0, 0.05) is 32.3 Å². The number of aromatic amines is 1. The topological polar surface area (TPSA) is 92.3 Å². The van der Waals surface area contributed by atoms with Crippen molar-refractivity contribution in [2.24, 2.45) is 0 Å². The van der Waals surface area contributed by atoms with Crippen LogP contribution in [0.4, 0.5) is 5.95 Å². The second-order valence-electron chi connectivity index (χ2n) is 5.90. The predicted molar refractivity (Wildman–Crippen MR) is 87.0 cm³/mol. The van der Waals surface area contributed by atoms with Crippen molar-refractivity contribution in [2.45, 2.75) is 26.4 Å². The maximum absolute atomic E-state index is 12.1. The van der Waals surface area contributed by atoms with Crippen LogP contribution < -0.4 is 11.3 Å². The van der Waals surface area contributed by atoms with Gasteiger partial charge in [0.2, 0.25) is 5.95 Å². The molecule has 0 aliphatic carbocycles. The molecule has 0 aromatic carbocycles. The zero-order valence-corrected chi connectivity index (χ0v) is 12.9. The monoisotopic (exact) mass is 310 g/mol. The molecule has 3 aromatic rings. The maximum atomic E-state index is 12.1. The molecule has 7 nitrogen and oxygen atoms in total. The highest BCUT2D eigenvalue weighted by atomic mass is 16.1. The van der Waals surface area contributed by atoms with Gasteiger partial charge in [0.05, 0.1) is 22.5 Å². The first-order valence-corrected chi connectivity index (χ1v) is 7.64. The number of fused-ring (bicyclic) bond motifs is 2. The van der Waals surface area contributed by atoms with Gasteiger partial charge in [-0.3, -0.25) is 14.7 Å². The lowest BCUT2D eigenvalue weighted by molar-refractivity contribution is 0.240. The fraction of sp³-hybridized carbons (Fsp3) is 0.312. The van der Waals surface area contributed by atoms with Crippen LogP contribution in [0.1, 0.15) is 22.8 Å². The van der Waals surface area contributed by atoms with Gasteiger partial charge in [0.25, 0.3) is 5.56 Å². The molecule has 0 atom stereocenters. The Balaban J connectivity index is 1.64. The van der Waals surface area contributed by atoms with E-state index in [1.165, 1.54) is 0 Å². The van der Waals surface area contributed by atoms with Crippen LogP contribution in [0.3, 0.4) is 0 Å². The Labute approximate surface area is 132 Å². The third kappa shape index (κ3) is 2.39. The van der Waals surface area contributed by atoms with Crippen molar-refractivity contribution in [2.75, 3.05) is 12.3 Å². The third-order valence-electron chi connectivity index (χ3n) is 4.34. The van der Waals surface area contributed by atoms with Crippen molar-refractivity contribution in [1.82, 2.24) is 24.3 Å². The molecule has 0 amide bonds. The average Bonchev–Trinajstić information content (AvgIpc) is 2.85. The molecular formula is C16H18N6O. The summed E-state index contributed by atoms with van der Waals surface area (Å²) in [7, 11) is 0. The van der Waals surface area contributed by atoms with Crippen LogP contribution in [0.5, 0.6) is 0 Å². The molecule has 0 spiro atoms. The number of aromatic nitrogens is 4. The summed E-state index contributed by atoms with van der Waals surface area (Å²) in [4.78, 5) is 25.8. The smallest absolute Gasteiger partial charge is 0.257 e. The summed E-state index contributed by atoms with van der Waals surface area (Å²) in [5, 5.41) is 0. The van der Waals surface area contributed by atoms with E-state index in [2.05, 4.69) is 30.3 Å². The van der Waals surface area contributed by atoms with Crippen LogP contribution in [-0.4, -0.2) is 30.8 Å². The fourth-order valence-corrected chi connectivity index (χ4v) is 3.23. The zero-order valence-electron chi connectivity index (χ0n) is 12.9. The lowest BCUT2D eigenvalue weighted by Crippen LogP contribution is -2.35. The van der Waals surface area contributed by atoms with Crippen molar-refractivity contribution in [3.8, 4) is 0 Å². The number of pyridine rings is 1. The summed E-state index contributed by atoms with van der Waals surface area (Å²) >= 11 is 0. The standard InChI is InChI=1S/C16H18N6O/c1-10-18-13(14-4-2-3-6-22(10)14)9-21-7-5-12-11(8-21)15(23)20-16(17)19-12/h2-4,6H,5,7-9H2,1H3,(H3,17,19,20,23). The van der Waals surface area contributed by atoms with E-state index >= 15 is 0 Å². The van der Waals surface area contributed by atoms with Gasteiger partial charge < -0.3 is 10.1 Å². The Hall–Kier alpha value is -2.67. The summed E-state index contributed by atoms with van der Waals surface area (Å²) in [6, 6.07) is 6.09. The number of anilines is 1. The number of aryl methyl sites for hydroxylation is 1. The van der Waals surface area contributed by atoms with Gasteiger partial charge in [0.1, 0.15) is 5.82 Å². The second-order valence-corrected chi connectivity index (χ2v) is 5.90. The largest absolute Gasteiger partial charge is 0.369 e. The number of imidazole rings is 1. The van der Waals surface area contributed by atoms with Crippen molar-refractivity contribution >= 4 is 11.5 Å². The summed E-state index contributed by atoms with van der Waals surface area (Å²) in [6.07, 6.45) is 2.75. The Morgan fingerprint density at radius 2 is 2.22 bits per heavy atom. The number of nitrogens with zero attached hydrogens (tertiary/aromatic N) is 4. The number of H-pyrrole nitrogens is 1. The van der Waals surface area contributed by atoms with Crippen molar-refractivity contribution in [3.05, 3.63) is 57.5 Å². The summed E-state index contributed by atoms with van der Waals surface area (Å²) in [5.74, 6) is 1.17. The van der Waals surface area contributed by atoms with E-state index in [-0.39, 0.29) is 11.5 Å². The molecule has 23 heavy (non-hydrogen) atoms. The summed E-state index contributed by atoms with van der Waals surface area (Å²) in [5.41, 5.74) is 9.15. The molecule has 0 fully saturated rings. The van der Waals surface area contributed by atoms with Gasteiger partial charge >= 0.3 is 0 Å². The normalized spacial score (nSPS) is 15.0. The van der Waals surface area contributed by atoms with E-state index in [1.54, 1.807) is 0 Å². The molecular weight excluding hydrogens is 292 g/mol. The van der Waals surface area contributed by atoms with Gasteiger partial charge in [-0.15, -0.1) is 0 Å². The SMILES string of the molecule is Cc1nc(CN2CCc3nc(N)[nH]c(=O)c3C2)c2ccccn12. The highest BCUT2D eigenvalue weighted by Gasteiger charge is 2.22. The molecule has 1 aliphatic rings. The van der Waals surface area contributed by atoms with Crippen LogP contribution in [0.25, 0.3) is 5.52 Å². The molecule has 1 aliphatic heterocycles. The quantitative estimate of drug-likeness (QED) is 0.732. The van der Waals surface area contributed by atoms with Crippen LogP contribution in [0, 0.1) is 6.92 Å². The lowest BCUT2D eigenvalue weighted by atomic mass is 10.1. The number of hydrogen-bond donors (Lipinski definition) is 2. The highest BCUT2D eigenvalue weighted by Crippen LogP contribution is 2.19. The summed E-state index contributed by atoms with van der Waals surface area (Å²) in [6.45, 7) is 4.13. The minimum absolute atomic E-state index is 0.136. The van der Waals surface area contributed by atoms with E-state index in [0.29, 0.717) is 18.7 Å². The van der Waals surface area contributed by atoms with E-state index in [9.17, 15) is 4.79 Å². The molecule has 4 heterocycles.